The van der Waals surface area contributed by atoms with Gasteiger partial charge in [0.05, 0.1) is 11.3 Å². The smallest absolute Gasteiger partial charge is 0.259 e. The minimum atomic E-state index is -0.266. The van der Waals surface area contributed by atoms with E-state index in [0.717, 1.165) is 23.2 Å². The summed E-state index contributed by atoms with van der Waals surface area (Å²) in [4.78, 5) is 26.0. The number of halogens is 1. The molecule has 0 saturated carbocycles. The quantitative estimate of drug-likeness (QED) is 0.478. The van der Waals surface area contributed by atoms with Gasteiger partial charge in [0, 0.05) is 40.8 Å². The molecule has 0 aliphatic rings. The minimum Gasteiger partial charge on any atom is -0.322 e. The maximum absolute atomic E-state index is 12.9. The second-order valence-electron chi connectivity index (χ2n) is 6.84. The zero-order valence-electron chi connectivity index (χ0n) is 16.3. The van der Waals surface area contributed by atoms with Gasteiger partial charge < -0.3 is 5.32 Å². The summed E-state index contributed by atoms with van der Waals surface area (Å²) in [5, 5.41) is 3.56. The number of aromatic nitrogens is 3. The van der Waals surface area contributed by atoms with E-state index in [9.17, 15) is 4.79 Å². The minimum absolute atomic E-state index is 0.266. The van der Waals surface area contributed by atoms with Gasteiger partial charge in [-0.15, -0.1) is 0 Å². The number of hydrogen-bond donors (Lipinski definition) is 1. The van der Waals surface area contributed by atoms with E-state index >= 15 is 0 Å². The number of benzene rings is 2. The van der Waals surface area contributed by atoms with Gasteiger partial charge in [-0.3, -0.25) is 9.78 Å². The van der Waals surface area contributed by atoms with Gasteiger partial charge in [0.2, 0.25) is 0 Å². The summed E-state index contributed by atoms with van der Waals surface area (Å²) in [6.07, 6.45) is 4.07. The highest BCUT2D eigenvalue weighted by Gasteiger charge is 2.16. The van der Waals surface area contributed by atoms with Crippen molar-refractivity contribution in [2.75, 3.05) is 5.32 Å². The third-order valence-electron chi connectivity index (χ3n) is 4.59. The lowest BCUT2D eigenvalue weighted by Gasteiger charge is -2.11. The maximum Gasteiger partial charge on any atom is 0.259 e. The Kier molecular flexibility index (Phi) is 5.82. The average molecular weight is 415 g/mol. The van der Waals surface area contributed by atoms with Crippen LogP contribution in [-0.4, -0.2) is 20.9 Å². The van der Waals surface area contributed by atoms with Crippen molar-refractivity contribution in [2.24, 2.45) is 0 Å². The molecular formula is C24H19ClN4O. The molecule has 4 aromatic rings. The Hall–Kier alpha value is -3.57. The van der Waals surface area contributed by atoms with E-state index in [1.165, 1.54) is 0 Å². The van der Waals surface area contributed by atoms with Crippen LogP contribution in [0.15, 0.2) is 79.1 Å². The van der Waals surface area contributed by atoms with Gasteiger partial charge in [-0.05, 0) is 48.9 Å². The molecule has 2 aromatic heterocycles. The van der Waals surface area contributed by atoms with E-state index in [-0.39, 0.29) is 5.91 Å². The van der Waals surface area contributed by atoms with Gasteiger partial charge >= 0.3 is 0 Å². The fraction of sp³-hybridized carbons (Fsp3) is 0.0833. The van der Waals surface area contributed by atoms with Crippen molar-refractivity contribution < 1.29 is 4.79 Å². The molecule has 0 fully saturated rings. The largest absolute Gasteiger partial charge is 0.322 e. The number of nitrogens with one attached hydrogen (secondary N) is 1. The molecule has 0 bridgehead atoms. The Balaban J connectivity index is 1.53. The molecule has 148 valence electrons. The van der Waals surface area contributed by atoms with Crippen LogP contribution in [0.1, 0.15) is 27.4 Å². The van der Waals surface area contributed by atoms with Crippen molar-refractivity contribution >= 4 is 23.2 Å². The average Bonchev–Trinajstić information content (AvgIpc) is 2.76. The number of rotatable bonds is 5. The summed E-state index contributed by atoms with van der Waals surface area (Å²) in [5.41, 5.74) is 4.60. The van der Waals surface area contributed by atoms with Crippen molar-refractivity contribution in [3.63, 3.8) is 0 Å². The predicted octanol–water partition coefficient (Wildman–Crippen LogP) is 5.34. The van der Waals surface area contributed by atoms with Crippen LogP contribution < -0.4 is 5.32 Å². The molecule has 1 N–H and O–H groups in total. The molecule has 2 heterocycles. The fourth-order valence-corrected chi connectivity index (χ4v) is 3.21. The van der Waals surface area contributed by atoms with Crippen molar-refractivity contribution in [1.29, 1.82) is 0 Å². The summed E-state index contributed by atoms with van der Waals surface area (Å²) in [7, 11) is 0. The van der Waals surface area contributed by atoms with Gasteiger partial charge in [-0.2, -0.15) is 0 Å². The lowest BCUT2D eigenvalue weighted by atomic mass is 10.1. The first kappa shape index (κ1) is 19.7. The number of carbonyl (C=O) groups excluding carboxylic acids is 1. The van der Waals surface area contributed by atoms with E-state index in [0.29, 0.717) is 27.8 Å². The first-order chi connectivity index (χ1) is 14.6. The second-order valence-corrected chi connectivity index (χ2v) is 7.27. The fourth-order valence-electron chi connectivity index (χ4n) is 3.08. The van der Waals surface area contributed by atoms with Crippen LogP contribution in [0, 0.1) is 6.92 Å². The molecule has 0 aliphatic heterocycles. The first-order valence-corrected chi connectivity index (χ1v) is 9.86. The van der Waals surface area contributed by atoms with Crippen LogP contribution in [0.25, 0.3) is 11.3 Å². The number of aryl methyl sites for hydroxylation is 1. The van der Waals surface area contributed by atoms with Gasteiger partial charge in [0.1, 0.15) is 5.82 Å². The maximum atomic E-state index is 12.9. The van der Waals surface area contributed by atoms with Crippen LogP contribution in [0.2, 0.25) is 5.02 Å². The summed E-state index contributed by atoms with van der Waals surface area (Å²) in [6.45, 7) is 1.79. The first-order valence-electron chi connectivity index (χ1n) is 9.48. The van der Waals surface area contributed by atoms with E-state index in [2.05, 4.69) is 20.3 Å². The Bertz CT molecular complexity index is 1160. The number of anilines is 1. The normalized spacial score (nSPS) is 10.6. The van der Waals surface area contributed by atoms with Crippen LogP contribution in [0.5, 0.6) is 0 Å². The van der Waals surface area contributed by atoms with Gasteiger partial charge in [-0.25, -0.2) is 9.97 Å². The molecule has 6 heteroatoms. The molecule has 2 aromatic carbocycles. The zero-order chi connectivity index (χ0) is 20.9. The molecule has 0 saturated heterocycles. The van der Waals surface area contributed by atoms with Crippen molar-refractivity contribution in [1.82, 2.24) is 15.0 Å². The zero-order valence-corrected chi connectivity index (χ0v) is 17.1. The van der Waals surface area contributed by atoms with Crippen LogP contribution in [0.3, 0.4) is 0 Å². The van der Waals surface area contributed by atoms with Crippen molar-refractivity contribution in [3.8, 4) is 11.3 Å². The number of nitrogens with zero attached hydrogens (tertiary/aromatic N) is 3. The standard InChI is InChI=1S/C24H19ClN4O/c1-16-27-15-22(23(28-16)18-7-9-19(25)10-8-18)24(30)29-20-11-5-17(6-12-20)14-21-4-2-3-13-26-21/h2-13,15H,14H2,1H3,(H,29,30). The number of hydrogen-bond acceptors (Lipinski definition) is 4. The molecule has 30 heavy (non-hydrogen) atoms. The van der Waals surface area contributed by atoms with Crippen molar-refractivity contribution in [2.45, 2.75) is 13.3 Å². The summed E-state index contributed by atoms with van der Waals surface area (Å²) in [5.74, 6) is 0.327. The highest BCUT2D eigenvalue weighted by molar-refractivity contribution is 6.30. The molecular weight excluding hydrogens is 396 g/mol. The number of carbonyl (C=O) groups is 1. The monoisotopic (exact) mass is 414 g/mol. The lowest BCUT2D eigenvalue weighted by Crippen LogP contribution is -2.15. The summed E-state index contributed by atoms with van der Waals surface area (Å²) in [6, 6.07) is 20.8. The Morgan fingerprint density at radius 2 is 1.73 bits per heavy atom. The molecule has 0 unspecified atom stereocenters. The van der Waals surface area contributed by atoms with Crippen LogP contribution in [-0.2, 0) is 6.42 Å². The molecule has 1 amide bonds. The lowest BCUT2D eigenvalue weighted by molar-refractivity contribution is 0.102. The highest BCUT2D eigenvalue weighted by atomic mass is 35.5. The third kappa shape index (κ3) is 4.70. The SMILES string of the molecule is Cc1ncc(C(=O)Nc2ccc(Cc3ccccn3)cc2)c(-c2ccc(Cl)cc2)n1. The topological polar surface area (TPSA) is 67.8 Å². The highest BCUT2D eigenvalue weighted by Crippen LogP contribution is 2.24. The van der Waals surface area contributed by atoms with E-state index < -0.39 is 0 Å². The molecule has 0 spiro atoms. The van der Waals surface area contributed by atoms with Gasteiger partial charge in [0.25, 0.3) is 5.91 Å². The molecule has 0 aliphatic carbocycles. The van der Waals surface area contributed by atoms with E-state index in [1.54, 1.807) is 31.5 Å². The molecule has 5 nitrogen and oxygen atoms in total. The summed E-state index contributed by atoms with van der Waals surface area (Å²) >= 11 is 5.99. The van der Waals surface area contributed by atoms with Gasteiger partial charge in [-0.1, -0.05) is 41.9 Å². The predicted molar refractivity (Wildman–Crippen MR) is 119 cm³/mol. The number of amides is 1. The molecule has 4 rings (SSSR count). The van der Waals surface area contributed by atoms with Crippen LogP contribution >= 0.6 is 11.6 Å². The molecule has 0 atom stereocenters. The van der Waals surface area contributed by atoms with Gasteiger partial charge in [0.15, 0.2) is 0 Å². The van der Waals surface area contributed by atoms with E-state index in [1.807, 2.05) is 54.6 Å². The van der Waals surface area contributed by atoms with E-state index in [4.69, 9.17) is 11.6 Å². The third-order valence-corrected chi connectivity index (χ3v) is 4.85. The Morgan fingerprint density at radius 3 is 2.43 bits per heavy atom. The second kappa shape index (κ2) is 8.84. The Morgan fingerprint density at radius 1 is 0.967 bits per heavy atom. The number of pyridine rings is 1. The summed E-state index contributed by atoms with van der Waals surface area (Å²) < 4.78 is 0. The van der Waals surface area contributed by atoms with Crippen LogP contribution in [0.4, 0.5) is 5.69 Å². The Labute approximate surface area is 179 Å². The van der Waals surface area contributed by atoms with Crippen molar-refractivity contribution in [3.05, 3.63) is 107 Å². The molecule has 0 radical (unpaired) electrons.